The fraction of sp³-hybridized carbons (Fsp3) is 0.385. The fourth-order valence-corrected chi connectivity index (χ4v) is 1.51. The lowest BCUT2D eigenvalue weighted by Crippen LogP contribution is -2.42. The van der Waals surface area contributed by atoms with E-state index in [0.717, 1.165) is 12.1 Å². The summed E-state index contributed by atoms with van der Waals surface area (Å²) in [6.45, 7) is 4.96. The number of halogens is 2. The van der Waals surface area contributed by atoms with Gasteiger partial charge in [-0.1, -0.05) is 11.6 Å². The third-order valence-electron chi connectivity index (χ3n) is 2.00. The molecule has 1 N–H and O–H groups in total. The highest BCUT2D eigenvalue weighted by Crippen LogP contribution is 2.17. The van der Waals surface area contributed by atoms with Gasteiger partial charge in [-0.15, -0.1) is 0 Å². The number of nitrogens with one attached hydrogen (secondary N) is 1. The van der Waals surface area contributed by atoms with Crippen molar-refractivity contribution in [2.24, 2.45) is 0 Å². The maximum atomic E-state index is 13.0. The van der Waals surface area contributed by atoms with E-state index in [9.17, 15) is 14.0 Å². The van der Waals surface area contributed by atoms with E-state index >= 15 is 0 Å². The predicted molar refractivity (Wildman–Crippen MR) is 69.6 cm³/mol. The van der Waals surface area contributed by atoms with Crippen LogP contribution in [0.3, 0.4) is 0 Å². The van der Waals surface area contributed by atoms with Crippen molar-refractivity contribution in [2.45, 2.75) is 26.3 Å². The van der Waals surface area contributed by atoms with Crippen molar-refractivity contribution in [3.05, 3.63) is 34.6 Å². The number of hydrogen-bond donors (Lipinski definition) is 1. The summed E-state index contributed by atoms with van der Waals surface area (Å²) in [5.41, 5.74) is -0.523. The maximum Gasteiger partial charge on any atom is 0.340 e. The van der Waals surface area contributed by atoms with Crippen molar-refractivity contribution < 1.29 is 18.7 Å². The Kier molecular flexibility index (Phi) is 4.89. The van der Waals surface area contributed by atoms with E-state index in [-0.39, 0.29) is 10.6 Å². The van der Waals surface area contributed by atoms with Crippen LogP contribution in [0.5, 0.6) is 0 Å². The zero-order valence-electron chi connectivity index (χ0n) is 10.9. The lowest BCUT2D eigenvalue weighted by molar-refractivity contribution is -0.125. The highest BCUT2D eigenvalue weighted by molar-refractivity contribution is 6.33. The molecule has 0 radical (unpaired) electrons. The molecule has 19 heavy (non-hydrogen) atoms. The van der Waals surface area contributed by atoms with E-state index in [0.29, 0.717) is 0 Å². The summed E-state index contributed by atoms with van der Waals surface area (Å²) in [4.78, 5) is 23.1. The van der Waals surface area contributed by atoms with Gasteiger partial charge in [0.05, 0.1) is 10.6 Å². The monoisotopic (exact) mass is 287 g/mol. The summed E-state index contributed by atoms with van der Waals surface area (Å²) in [7, 11) is 0. The largest absolute Gasteiger partial charge is 0.452 e. The molecule has 0 spiro atoms. The highest BCUT2D eigenvalue weighted by Gasteiger charge is 2.17. The SMILES string of the molecule is CC(C)(C)NC(=O)COC(=O)c1cc(F)ccc1Cl. The number of rotatable bonds is 3. The zero-order valence-corrected chi connectivity index (χ0v) is 11.7. The molecule has 0 saturated heterocycles. The Hall–Kier alpha value is -1.62. The summed E-state index contributed by atoms with van der Waals surface area (Å²) in [5.74, 6) is -1.88. The van der Waals surface area contributed by atoms with Crippen molar-refractivity contribution in [3.63, 3.8) is 0 Å². The van der Waals surface area contributed by atoms with Crippen LogP contribution < -0.4 is 5.32 Å². The summed E-state index contributed by atoms with van der Waals surface area (Å²) in [5, 5.41) is 2.70. The minimum atomic E-state index is -0.839. The quantitative estimate of drug-likeness (QED) is 0.869. The molecule has 0 aromatic heterocycles. The standard InChI is InChI=1S/C13H15ClFNO3/c1-13(2,3)16-11(17)7-19-12(18)9-6-8(15)4-5-10(9)14/h4-6H,7H2,1-3H3,(H,16,17). The second-order valence-corrected chi connectivity index (χ2v) is 5.41. The maximum absolute atomic E-state index is 13.0. The van der Waals surface area contributed by atoms with Crippen LogP contribution in [-0.2, 0) is 9.53 Å². The molecule has 0 unspecified atom stereocenters. The van der Waals surface area contributed by atoms with Crippen LogP contribution in [0.25, 0.3) is 0 Å². The van der Waals surface area contributed by atoms with Crippen LogP contribution in [0.4, 0.5) is 4.39 Å². The molecule has 0 bridgehead atoms. The zero-order chi connectivity index (χ0) is 14.6. The molecule has 1 rings (SSSR count). The molecule has 1 aromatic rings. The highest BCUT2D eigenvalue weighted by atomic mass is 35.5. The molecule has 1 amide bonds. The smallest absolute Gasteiger partial charge is 0.340 e. The van der Waals surface area contributed by atoms with Gasteiger partial charge in [0.2, 0.25) is 0 Å². The van der Waals surface area contributed by atoms with Gasteiger partial charge in [-0.3, -0.25) is 4.79 Å². The Morgan fingerprint density at radius 3 is 2.58 bits per heavy atom. The van der Waals surface area contributed by atoms with Gasteiger partial charge in [-0.25, -0.2) is 9.18 Å². The van der Waals surface area contributed by atoms with Crippen molar-refractivity contribution >= 4 is 23.5 Å². The Morgan fingerprint density at radius 1 is 1.37 bits per heavy atom. The number of hydrogen-bond acceptors (Lipinski definition) is 3. The van der Waals surface area contributed by atoms with Crippen molar-refractivity contribution in [2.75, 3.05) is 6.61 Å². The topological polar surface area (TPSA) is 55.4 Å². The average molecular weight is 288 g/mol. The molecule has 0 aliphatic rings. The minimum absolute atomic E-state index is 0.0719. The van der Waals surface area contributed by atoms with Crippen LogP contribution in [-0.4, -0.2) is 24.0 Å². The molecule has 4 nitrogen and oxygen atoms in total. The number of ether oxygens (including phenoxy) is 1. The van der Waals surface area contributed by atoms with E-state index in [4.69, 9.17) is 16.3 Å². The van der Waals surface area contributed by atoms with Crippen LogP contribution in [0, 0.1) is 5.82 Å². The van der Waals surface area contributed by atoms with Crippen LogP contribution >= 0.6 is 11.6 Å². The lowest BCUT2D eigenvalue weighted by Gasteiger charge is -2.20. The molecular formula is C13H15ClFNO3. The molecule has 6 heteroatoms. The molecule has 0 atom stereocenters. The summed E-state index contributed by atoms with van der Waals surface area (Å²) < 4.78 is 17.8. The second kappa shape index (κ2) is 6.02. The number of carbonyl (C=O) groups is 2. The number of benzene rings is 1. The van der Waals surface area contributed by atoms with Crippen LogP contribution in [0.15, 0.2) is 18.2 Å². The molecule has 0 aliphatic carbocycles. The van der Waals surface area contributed by atoms with Gasteiger partial charge < -0.3 is 10.1 Å². The van der Waals surface area contributed by atoms with Crippen molar-refractivity contribution in [1.82, 2.24) is 5.32 Å². The second-order valence-electron chi connectivity index (χ2n) is 5.00. The first-order valence-corrected chi connectivity index (χ1v) is 6.00. The summed E-state index contributed by atoms with van der Waals surface area (Å²) in [6, 6.07) is 3.35. The van der Waals surface area contributed by atoms with E-state index in [1.54, 1.807) is 20.8 Å². The van der Waals surface area contributed by atoms with Gasteiger partial charge in [-0.2, -0.15) is 0 Å². The van der Waals surface area contributed by atoms with Crippen molar-refractivity contribution in [1.29, 1.82) is 0 Å². The van der Waals surface area contributed by atoms with Crippen LogP contribution in [0.2, 0.25) is 5.02 Å². The van der Waals surface area contributed by atoms with Gasteiger partial charge in [0.15, 0.2) is 6.61 Å². The van der Waals surface area contributed by atoms with E-state index in [1.807, 2.05) is 0 Å². The molecule has 0 heterocycles. The molecule has 1 aromatic carbocycles. The summed E-state index contributed by atoms with van der Waals surface area (Å²) in [6.07, 6.45) is 0. The third-order valence-corrected chi connectivity index (χ3v) is 2.33. The Balaban J connectivity index is 2.61. The van der Waals surface area contributed by atoms with E-state index in [2.05, 4.69) is 5.32 Å². The Labute approximate surface area is 115 Å². The van der Waals surface area contributed by atoms with Crippen molar-refractivity contribution in [3.8, 4) is 0 Å². The lowest BCUT2D eigenvalue weighted by atomic mass is 10.1. The molecule has 0 saturated carbocycles. The third kappa shape index (κ3) is 5.26. The first-order chi connectivity index (χ1) is 8.69. The molecule has 0 fully saturated rings. The first-order valence-electron chi connectivity index (χ1n) is 5.62. The number of amides is 1. The normalized spacial score (nSPS) is 11.0. The van der Waals surface area contributed by atoms with E-state index < -0.39 is 29.8 Å². The fourth-order valence-electron chi connectivity index (χ4n) is 1.32. The predicted octanol–water partition coefficient (Wildman–Crippen LogP) is 2.55. The van der Waals surface area contributed by atoms with Gasteiger partial charge >= 0.3 is 5.97 Å². The molecule has 0 aliphatic heterocycles. The Bertz CT molecular complexity index is 497. The van der Waals surface area contributed by atoms with E-state index in [1.165, 1.54) is 6.07 Å². The average Bonchev–Trinajstić information content (AvgIpc) is 2.27. The number of esters is 1. The first kappa shape index (κ1) is 15.4. The number of carbonyl (C=O) groups excluding carboxylic acids is 2. The van der Waals surface area contributed by atoms with Gasteiger partial charge in [0.1, 0.15) is 5.82 Å². The van der Waals surface area contributed by atoms with Crippen LogP contribution in [0.1, 0.15) is 31.1 Å². The Morgan fingerprint density at radius 2 is 2.00 bits per heavy atom. The van der Waals surface area contributed by atoms with Gasteiger partial charge in [-0.05, 0) is 39.0 Å². The minimum Gasteiger partial charge on any atom is -0.452 e. The summed E-state index contributed by atoms with van der Waals surface area (Å²) >= 11 is 5.74. The molecule has 104 valence electrons. The van der Waals surface area contributed by atoms with Gasteiger partial charge in [0, 0.05) is 5.54 Å². The molecular weight excluding hydrogens is 273 g/mol. The van der Waals surface area contributed by atoms with Gasteiger partial charge in [0.25, 0.3) is 5.91 Å².